The van der Waals surface area contributed by atoms with Crippen molar-refractivity contribution in [1.82, 2.24) is 0 Å². The SMILES string of the molecule is N/C1=C\CCCCCCC1. The van der Waals surface area contributed by atoms with Gasteiger partial charge in [-0.15, -0.1) is 0 Å². The molecule has 1 aliphatic carbocycles. The molecule has 0 saturated heterocycles. The van der Waals surface area contributed by atoms with E-state index in [9.17, 15) is 0 Å². The van der Waals surface area contributed by atoms with Gasteiger partial charge in [0.25, 0.3) is 0 Å². The summed E-state index contributed by atoms with van der Waals surface area (Å²) in [6, 6.07) is 0. The van der Waals surface area contributed by atoms with Crippen LogP contribution in [0.3, 0.4) is 0 Å². The van der Waals surface area contributed by atoms with Gasteiger partial charge in [0.1, 0.15) is 0 Å². The van der Waals surface area contributed by atoms with E-state index >= 15 is 0 Å². The molecule has 0 radical (unpaired) electrons. The fourth-order valence-corrected chi connectivity index (χ4v) is 1.39. The summed E-state index contributed by atoms with van der Waals surface area (Å²) in [6.07, 6.45) is 11.3. The standard InChI is InChI=1S/C9H17N/c10-9-7-5-3-1-2-4-6-8-9/h7H,1-6,8,10H2/b9-7-. The maximum absolute atomic E-state index is 5.73. The molecule has 0 aromatic rings. The molecule has 2 N–H and O–H groups in total. The highest BCUT2D eigenvalue weighted by atomic mass is 14.6. The number of hydrogen-bond donors (Lipinski definition) is 1. The minimum atomic E-state index is 1.11. The number of nitrogens with two attached hydrogens (primary N) is 1. The lowest BCUT2D eigenvalue weighted by Crippen LogP contribution is -1.95. The molecule has 1 nitrogen and oxygen atoms in total. The summed E-state index contributed by atoms with van der Waals surface area (Å²) in [7, 11) is 0. The van der Waals surface area contributed by atoms with E-state index in [4.69, 9.17) is 5.73 Å². The number of rotatable bonds is 0. The Morgan fingerprint density at radius 3 is 2.60 bits per heavy atom. The van der Waals surface area contributed by atoms with E-state index in [-0.39, 0.29) is 0 Å². The lowest BCUT2D eigenvalue weighted by atomic mass is 10.1. The van der Waals surface area contributed by atoms with E-state index < -0.39 is 0 Å². The average molecular weight is 139 g/mol. The molecule has 58 valence electrons. The molecule has 0 spiro atoms. The topological polar surface area (TPSA) is 26.0 Å². The van der Waals surface area contributed by atoms with Crippen molar-refractivity contribution in [3.8, 4) is 0 Å². The molecular weight excluding hydrogens is 122 g/mol. The summed E-state index contributed by atoms with van der Waals surface area (Å²) in [5, 5.41) is 0. The molecule has 0 aromatic carbocycles. The monoisotopic (exact) mass is 139 g/mol. The third-order valence-electron chi connectivity index (χ3n) is 2.08. The van der Waals surface area contributed by atoms with Crippen molar-refractivity contribution in [2.24, 2.45) is 5.73 Å². The van der Waals surface area contributed by atoms with Gasteiger partial charge < -0.3 is 5.73 Å². The molecule has 0 aromatic heterocycles. The quantitative estimate of drug-likeness (QED) is 0.548. The van der Waals surface area contributed by atoms with E-state index in [2.05, 4.69) is 6.08 Å². The number of hydrogen-bond acceptors (Lipinski definition) is 1. The second kappa shape index (κ2) is 4.37. The maximum atomic E-state index is 5.73. The molecule has 0 heterocycles. The second-order valence-corrected chi connectivity index (χ2v) is 3.09. The van der Waals surface area contributed by atoms with Crippen LogP contribution in [0, 0.1) is 0 Å². The van der Waals surface area contributed by atoms with Crippen LogP contribution in [0.15, 0.2) is 11.8 Å². The smallest absolute Gasteiger partial charge is 0.00399 e. The first-order valence-corrected chi connectivity index (χ1v) is 4.34. The normalized spacial score (nSPS) is 27.4. The van der Waals surface area contributed by atoms with Crippen molar-refractivity contribution in [3.63, 3.8) is 0 Å². The highest BCUT2D eigenvalue weighted by molar-refractivity contribution is 4.96. The van der Waals surface area contributed by atoms with Crippen LogP contribution < -0.4 is 5.73 Å². The highest BCUT2D eigenvalue weighted by Crippen LogP contribution is 2.13. The Bertz CT molecular complexity index is 116. The molecular formula is C9H17N. The summed E-state index contributed by atoms with van der Waals surface area (Å²) < 4.78 is 0. The van der Waals surface area contributed by atoms with Crippen LogP contribution in [0.2, 0.25) is 0 Å². The maximum Gasteiger partial charge on any atom is 0.00399 e. The van der Waals surface area contributed by atoms with Gasteiger partial charge in [0, 0.05) is 5.70 Å². The van der Waals surface area contributed by atoms with Crippen molar-refractivity contribution in [2.75, 3.05) is 0 Å². The first kappa shape index (κ1) is 7.64. The Morgan fingerprint density at radius 2 is 1.70 bits per heavy atom. The van der Waals surface area contributed by atoms with Gasteiger partial charge in [-0.3, -0.25) is 0 Å². The van der Waals surface area contributed by atoms with E-state index in [1.807, 2.05) is 0 Å². The first-order chi connectivity index (χ1) is 4.89. The summed E-state index contributed by atoms with van der Waals surface area (Å²) in [5.41, 5.74) is 6.85. The van der Waals surface area contributed by atoms with E-state index in [1.165, 1.54) is 38.5 Å². The third kappa shape index (κ3) is 2.90. The molecule has 1 rings (SSSR count). The molecule has 10 heavy (non-hydrogen) atoms. The predicted octanol–water partition coefficient (Wildman–Crippen LogP) is 2.57. The lowest BCUT2D eigenvalue weighted by Gasteiger charge is -1.97. The van der Waals surface area contributed by atoms with Gasteiger partial charge in [-0.25, -0.2) is 0 Å². The van der Waals surface area contributed by atoms with Crippen molar-refractivity contribution >= 4 is 0 Å². The minimum absolute atomic E-state index is 1.11. The summed E-state index contributed by atoms with van der Waals surface area (Å²) in [4.78, 5) is 0. The Kier molecular flexibility index (Phi) is 3.34. The van der Waals surface area contributed by atoms with Gasteiger partial charge in [-0.1, -0.05) is 25.3 Å². The predicted molar refractivity (Wildman–Crippen MR) is 44.6 cm³/mol. The lowest BCUT2D eigenvalue weighted by molar-refractivity contribution is 0.628. The van der Waals surface area contributed by atoms with Gasteiger partial charge in [-0.05, 0) is 25.7 Å². The minimum Gasteiger partial charge on any atom is -0.402 e. The van der Waals surface area contributed by atoms with E-state index in [0.717, 1.165) is 12.1 Å². The van der Waals surface area contributed by atoms with Gasteiger partial charge in [0.15, 0.2) is 0 Å². The third-order valence-corrected chi connectivity index (χ3v) is 2.08. The van der Waals surface area contributed by atoms with Crippen LogP contribution in [-0.4, -0.2) is 0 Å². The zero-order valence-corrected chi connectivity index (χ0v) is 6.60. The van der Waals surface area contributed by atoms with Gasteiger partial charge >= 0.3 is 0 Å². The fourth-order valence-electron chi connectivity index (χ4n) is 1.39. The van der Waals surface area contributed by atoms with Gasteiger partial charge in [-0.2, -0.15) is 0 Å². The molecule has 0 unspecified atom stereocenters. The summed E-state index contributed by atoms with van der Waals surface area (Å²) >= 11 is 0. The highest BCUT2D eigenvalue weighted by Gasteiger charge is 1.96. The van der Waals surface area contributed by atoms with Gasteiger partial charge in [0.05, 0.1) is 0 Å². The van der Waals surface area contributed by atoms with Crippen LogP contribution in [0.4, 0.5) is 0 Å². The van der Waals surface area contributed by atoms with Crippen molar-refractivity contribution in [3.05, 3.63) is 11.8 Å². The summed E-state index contributed by atoms with van der Waals surface area (Å²) in [5.74, 6) is 0. The van der Waals surface area contributed by atoms with Crippen LogP contribution in [0.5, 0.6) is 0 Å². The molecule has 0 atom stereocenters. The molecule has 0 saturated carbocycles. The van der Waals surface area contributed by atoms with Crippen molar-refractivity contribution < 1.29 is 0 Å². The summed E-state index contributed by atoms with van der Waals surface area (Å²) in [6.45, 7) is 0. The van der Waals surface area contributed by atoms with Crippen molar-refractivity contribution in [2.45, 2.75) is 44.9 Å². The van der Waals surface area contributed by atoms with Crippen LogP contribution in [0.1, 0.15) is 44.9 Å². The molecule has 1 aliphatic rings. The Hall–Kier alpha value is -0.460. The number of allylic oxidation sites excluding steroid dienone is 2. The molecule has 0 amide bonds. The molecule has 0 fully saturated rings. The van der Waals surface area contributed by atoms with E-state index in [0.29, 0.717) is 0 Å². The molecule has 1 heteroatoms. The molecule has 0 bridgehead atoms. The first-order valence-electron chi connectivity index (χ1n) is 4.34. The Labute approximate surface area is 63.3 Å². The Morgan fingerprint density at radius 1 is 1.00 bits per heavy atom. The largest absolute Gasteiger partial charge is 0.402 e. The van der Waals surface area contributed by atoms with Gasteiger partial charge in [0.2, 0.25) is 0 Å². The second-order valence-electron chi connectivity index (χ2n) is 3.09. The zero-order chi connectivity index (χ0) is 7.23. The van der Waals surface area contributed by atoms with Crippen LogP contribution >= 0.6 is 0 Å². The Balaban J connectivity index is 2.29. The zero-order valence-electron chi connectivity index (χ0n) is 6.60. The van der Waals surface area contributed by atoms with Crippen LogP contribution in [0.25, 0.3) is 0 Å². The average Bonchev–Trinajstić information content (AvgIpc) is 2.02. The fraction of sp³-hybridized carbons (Fsp3) is 0.778. The van der Waals surface area contributed by atoms with Crippen LogP contribution in [-0.2, 0) is 0 Å². The van der Waals surface area contributed by atoms with Crippen molar-refractivity contribution in [1.29, 1.82) is 0 Å². The van der Waals surface area contributed by atoms with E-state index in [1.54, 1.807) is 0 Å². The molecule has 0 aliphatic heterocycles.